The Hall–Kier alpha value is -1.81. The van der Waals surface area contributed by atoms with Gasteiger partial charge in [0.25, 0.3) is 5.91 Å². The maximum absolute atomic E-state index is 12.7. The third-order valence-electron chi connectivity index (χ3n) is 4.29. The molecule has 106 valence electrons. The molecule has 1 aromatic heterocycles. The summed E-state index contributed by atoms with van der Waals surface area (Å²) in [4.78, 5) is 14.6. The highest BCUT2D eigenvalue weighted by molar-refractivity contribution is 6.06. The lowest BCUT2D eigenvalue weighted by Gasteiger charge is -2.31. The van der Waals surface area contributed by atoms with Crippen molar-refractivity contribution in [3.8, 4) is 0 Å². The van der Waals surface area contributed by atoms with Gasteiger partial charge >= 0.3 is 0 Å². The third kappa shape index (κ3) is 2.20. The van der Waals surface area contributed by atoms with Gasteiger partial charge in [-0.1, -0.05) is 12.1 Å². The fourth-order valence-electron chi connectivity index (χ4n) is 3.02. The number of aliphatic hydroxyl groups excluding tert-OH is 1. The van der Waals surface area contributed by atoms with Crippen LogP contribution in [0.25, 0.3) is 10.9 Å². The van der Waals surface area contributed by atoms with E-state index in [0.29, 0.717) is 5.92 Å². The molecule has 1 fully saturated rings. The van der Waals surface area contributed by atoms with Crippen molar-refractivity contribution in [1.29, 1.82) is 0 Å². The van der Waals surface area contributed by atoms with Gasteiger partial charge in [-0.15, -0.1) is 0 Å². The molecule has 1 aromatic carbocycles. The van der Waals surface area contributed by atoms with Gasteiger partial charge in [0.1, 0.15) is 0 Å². The zero-order valence-electron chi connectivity index (χ0n) is 11.7. The van der Waals surface area contributed by atoms with Gasteiger partial charge in [0.05, 0.1) is 11.1 Å². The lowest BCUT2D eigenvalue weighted by Crippen LogP contribution is -2.39. The summed E-state index contributed by atoms with van der Waals surface area (Å²) in [5.41, 5.74) is 1.78. The number of para-hydroxylation sites is 1. The number of fused-ring (bicyclic) bond motifs is 1. The number of hydrogen-bond donors (Lipinski definition) is 1. The molecule has 3 rings (SSSR count). The van der Waals surface area contributed by atoms with Crippen molar-refractivity contribution < 1.29 is 9.90 Å². The van der Waals surface area contributed by atoms with Crippen molar-refractivity contribution >= 4 is 16.8 Å². The van der Waals surface area contributed by atoms with E-state index in [1.54, 1.807) is 0 Å². The fourth-order valence-corrected chi connectivity index (χ4v) is 3.02. The molecule has 1 aliphatic rings. The number of aromatic nitrogens is 1. The third-order valence-corrected chi connectivity index (χ3v) is 4.29. The first-order valence-corrected chi connectivity index (χ1v) is 7.15. The van der Waals surface area contributed by atoms with Crippen LogP contribution < -0.4 is 0 Å². The number of aryl methyl sites for hydroxylation is 1. The van der Waals surface area contributed by atoms with Crippen LogP contribution in [0.3, 0.4) is 0 Å². The molecular formula is C16H20N2O2. The smallest absolute Gasteiger partial charge is 0.255 e. The van der Waals surface area contributed by atoms with E-state index in [2.05, 4.69) is 0 Å². The van der Waals surface area contributed by atoms with Crippen LogP contribution in [-0.2, 0) is 7.05 Å². The Morgan fingerprint density at radius 2 is 2.05 bits per heavy atom. The summed E-state index contributed by atoms with van der Waals surface area (Å²) in [6.07, 6.45) is 3.77. The maximum Gasteiger partial charge on any atom is 0.255 e. The zero-order valence-corrected chi connectivity index (χ0v) is 11.7. The van der Waals surface area contributed by atoms with Crippen molar-refractivity contribution in [3.63, 3.8) is 0 Å². The lowest BCUT2D eigenvalue weighted by atomic mass is 9.97. The van der Waals surface area contributed by atoms with E-state index in [-0.39, 0.29) is 12.5 Å². The number of amides is 1. The summed E-state index contributed by atoms with van der Waals surface area (Å²) >= 11 is 0. The number of piperidine rings is 1. The summed E-state index contributed by atoms with van der Waals surface area (Å²) in [7, 11) is 1.97. The zero-order chi connectivity index (χ0) is 14.1. The number of nitrogens with zero attached hydrogens (tertiary/aromatic N) is 2. The van der Waals surface area contributed by atoms with Crippen molar-refractivity contribution in [2.45, 2.75) is 12.8 Å². The van der Waals surface area contributed by atoms with E-state index in [1.165, 1.54) is 0 Å². The van der Waals surface area contributed by atoms with Crippen molar-refractivity contribution in [2.24, 2.45) is 13.0 Å². The Labute approximate surface area is 118 Å². The van der Waals surface area contributed by atoms with E-state index in [9.17, 15) is 9.90 Å². The van der Waals surface area contributed by atoms with Gasteiger partial charge in [-0.05, 0) is 30.9 Å². The number of aliphatic hydroxyl groups is 1. The minimum Gasteiger partial charge on any atom is -0.396 e. The van der Waals surface area contributed by atoms with Gasteiger partial charge in [-0.25, -0.2) is 0 Å². The molecule has 0 aliphatic carbocycles. The van der Waals surface area contributed by atoms with Gasteiger partial charge in [0.15, 0.2) is 0 Å². The highest BCUT2D eigenvalue weighted by Gasteiger charge is 2.24. The maximum atomic E-state index is 12.7. The van der Waals surface area contributed by atoms with Crippen LogP contribution in [-0.4, -0.2) is 40.2 Å². The molecule has 0 atom stereocenters. The van der Waals surface area contributed by atoms with E-state index in [1.807, 2.05) is 47.0 Å². The first kappa shape index (κ1) is 13.2. The summed E-state index contributed by atoms with van der Waals surface area (Å²) in [5, 5.41) is 10.3. The van der Waals surface area contributed by atoms with Crippen molar-refractivity contribution in [2.75, 3.05) is 19.7 Å². The van der Waals surface area contributed by atoms with Gasteiger partial charge in [0, 0.05) is 38.3 Å². The SMILES string of the molecule is Cn1ccc2cccc(C(=O)N3CCC(CO)CC3)c21. The highest BCUT2D eigenvalue weighted by Crippen LogP contribution is 2.23. The van der Waals surface area contributed by atoms with E-state index >= 15 is 0 Å². The summed E-state index contributed by atoms with van der Waals surface area (Å²) in [6, 6.07) is 7.91. The first-order valence-electron chi connectivity index (χ1n) is 7.15. The highest BCUT2D eigenvalue weighted by atomic mass is 16.3. The molecule has 0 radical (unpaired) electrons. The molecule has 4 nitrogen and oxygen atoms in total. The quantitative estimate of drug-likeness (QED) is 0.909. The average Bonchev–Trinajstić information content (AvgIpc) is 2.88. The van der Waals surface area contributed by atoms with Crippen LogP contribution in [0.1, 0.15) is 23.2 Å². The Morgan fingerprint density at radius 3 is 2.75 bits per heavy atom. The molecule has 2 heterocycles. The van der Waals surface area contributed by atoms with Gasteiger partial charge in [0.2, 0.25) is 0 Å². The van der Waals surface area contributed by atoms with Crippen LogP contribution >= 0.6 is 0 Å². The second-order valence-corrected chi connectivity index (χ2v) is 5.59. The molecule has 0 spiro atoms. The number of rotatable bonds is 2. The Morgan fingerprint density at radius 1 is 1.30 bits per heavy atom. The number of hydrogen-bond acceptors (Lipinski definition) is 2. The Balaban J connectivity index is 1.88. The number of likely N-dealkylation sites (tertiary alicyclic amines) is 1. The fraction of sp³-hybridized carbons (Fsp3) is 0.438. The minimum absolute atomic E-state index is 0.105. The number of carbonyl (C=O) groups is 1. The molecule has 20 heavy (non-hydrogen) atoms. The Kier molecular flexibility index (Phi) is 3.49. The van der Waals surface area contributed by atoms with E-state index in [0.717, 1.165) is 42.4 Å². The molecule has 0 unspecified atom stereocenters. The lowest BCUT2D eigenvalue weighted by molar-refractivity contribution is 0.0652. The minimum atomic E-state index is 0.105. The second-order valence-electron chi connectivity index (χ2n) is 5.59. The predicted octanol–water partition coefficient (Wildman–Crippen LogP) is 2.02. The largest absolute Gasteiger partial charge is 0.396 e. The normalized spacial score (nSPS) is 16.8. The molecule has 0 saturated carbocycles. The molecule has 1 N–H and O–H groups in total. The molecule has 2 aromatic rings. The predicted molar refractivity (Wildman–Crippen MR) is 78.6 cm³/mol. The van der Waals surface area contributed by atoms with Crippen LogP contribution in [0.4, 0.5) is 0 Å². The van der Waals surface area contributed by atoms with Gasteiger partial charge in [-0.3, -0.25) is 4.79 Å². The molecular weight excluding hydrogens is 252 g/mol. The molecule has 1 saturated heterocycles. The molecule has 4 heteroatoms. The van der Waals surface area contributed by atoms with Crippen molar-refractivity contribution in [3.05, 3.63) is 36.0 Å². The summed E-state index contributed by atoms with van der Waals surface area (Å²) < 4.78 is 2.00. The average molecular weight is 272 g/mol. The summed E-state index contributed by atoms with van der Waals surface area (Å²) in [6.45, 7) is 1.71. The number of benzene rings is 1. The topological polar surface area (TPSA) is 45.5 Å². The van der Waals surface area contributed by atoms with Gasteiger partial charge < -0.3 is 14.6 Å². The molecule has 1 aliphatic heterocycles. The van der Waals surface area contributed by atoms with Crippen LogP contribution in [0.15, 0.2) is 30.5 Å². The van der Waals surface area contributed by atoms with Crippen LogP contribution in [0.5, 0.6) is 0 Å². The van der Waals surface area contributed by atoms with Crippen LogP contribution in [0, 0.1) is 5.92 Å². The Bertz CT molecular complexity index is 624. The summed E-state index contributed by atoms with van der Waals surface area (Å²) in [5.74, 6) is 0.457. The standard InChI is InChI=1S/C16H20N2O2/c1-17-8-7-13-3-2-4-14(15(13)17)16(20)18-9-5-12(11-19)6-10-18/h2-4,7-8,12,19H,5-6,9-11H2,1H3. The van der Waals surface area contributed by atoms with E-state index in [4.69, 9.17) is 0 Å². The van der Waals surface area contributed by atoms with Crippen LogP contribution in [0.2, 0.25) is 0 Å². The number of carbonyl (C=O) groups excluding carboxylic acids is 1. The first-order chi connectivity index (χ1) is 9.70. The van der Waals surface area contributed by atoms with Gasteiger partial charge in [-0.2, -0.15) is 0 Å². The monoisotopic (exact) mass is 272 g/mol. The van der Waals surface area contributed by atoms with Crippen molar-refractivity contribution in [1.82, 2.24) is 9.47 Å². The molecule has 1 amide bonds. The molecule has 0 bridgehead atoms. The second kappa shape index (κ2) is 5.29. The van der Waals surface area contributed by atoms with E-state index < -0.39 is 0 Å².